The number of nitrogens with zero attached hydrogens (tertiary/aromatic N) is 2. The first-order chi connectivity index (χ1) is 7.70. The molecule has 0 fully saturated rings. The molecule has 1 aromatic heterocycles. The average molecular weight is 240 g/mol. The van der Waals surface area contributed by atoms with Crippen LogP contribution in [0.2, 0.25) is 5.02 Å². The molecule has 2 aromatic rings. The van der Waals surface area contributed by atoms with Crippen molar-refractivity contribution < 1.29 is 4.39 Å². The molecule has 0 aliphatic heterocycles. The molecule has 84 valence electrons. The standard InChI is InChI=1S/C11H11ClFN3/c12-10-5-8(1-2-11(10)13)9-6-15-16(7-9)4-3-14/h1-2,5-7H,3-4,14H2. The van der Waals surface area contributed by atoms with E-state index < -0.39 is 5.82 Å². The van der Waals surface area contributed by atoms with Gasteiger partial charge < -0.3 is 5.73 Å². The molecule has 1 aromatic carbocycles. The summed E-state index contributed by atoms with van der Waals surface area (Å²) in [4.78, 5) is 0. The molecule has 0 aliphatic carbocycles. The van der Waals surface area contributed by atoms with E-state index in [1.165, 1.54) is 6.07 Å². The number of rotatable bonds is 3. The van der Waals surface area contributed by atoms with Gasteiger partial charge in [0.25, 0.3) is 0 Å². The Morgan fingerprint density at radius 3 is 2.88 bits per heavy atom. The summed E-state index contributed by atoms with van der Waals surface area (Å²) in [6.07, 6.45) is 3.57. The van der Waals surface area contributed by atoms with Crippen LogP contribution in [0, 0.1) is 5.82 Å². The highest BCUT2D eigenvalue weighted by Crippen LogP contribution is 2.24. The first-order valence-corrected chi connectivity index (χ1v) is 5.26. The third kappa shape index (κ3) is 2.23. The van der Waals surface area contributed by atoms with E-state index in [9.17, 15) is 4.39 Å². The van der Waals surface area contributed by atoms with E-state index in [1.54, 1.807) is 23.0 Å². The van der Waals surface area contributed by atoms with Crippen LogP contribution in [-0.4, -0.2) is 16.3 Å². The topological polar surface area (TPSA) is 43.8 Å². The van der Waals surface area contributed by atoms with Gasteiger partial charge in [-0.25, -0.2) is 4.39 Å². The summed E-state index contributed by atoms with van der Waals surface area (Å²) in [6, 6.07) is 4.60. The number of halogens is 2. The molecule has 0 bridgehead atoms. The molecule has 1 heterocycles. The molecule has 0 unspecified atom stereocenters. The SMILES string of the molecule is NCCn1cc(-c2ccc(F)c(Cl)c2)cn1. The van der Waals surface area contributed by atoms with Crippen LogP contribution >= 0.6 is 11.6 Å². The Hall–Kier alpha value is -1.39. The lowest BCUT2D eigenvalue weighted by Gasteiger charge is -1.99. The molecule has 0 saturated heterocycles. The fraction of sp³-hybridized carbons (Fsp3) is 0.182. The van der Waals surface area contributed by atoms with Crippen molar-refractivity contribution in [2.45, 2.75) is 6.54 Å². The van der Waals surface area contributed by atoms with E-state index in [-0.39, 0.29) is 5.02 Å². The third-order valence-electron chi connectivity index (χ3n) is 2.24. The quantitative estimate of drug-likeness (QED) is 0.893. The van der Waals surface area contributed by atoms with Gasteiger partial charge in [0, 0.05) is 18.3 Å². The zero-order valence-corrected chi connectivity index (χ0v) is 9.28. The van der Waals surface area contributed by atoms with Crippen LogP contribution in [0.1, 0.15) is 0 Å². The second kappa shape index (κ2) is 4.63. The van der Waals surface area contributed by atoms with Gasteiger partial charge in [0.05, 0.1) is 17.8 Å². The number of hydrogen-bond donors (Lipinski definition) is 1. The average Bonchev–Trinajstić information content (AvgIpc) is 2.71. The Bertz CT molecular complexity index is 496. The van der Waals surface area contributed by atoms with Gasteiger partial charge in [0.1, 0.15) is 5.82 Å². The Morgan fingerprint density at radius 2 is 2.19 bits per heavy atom. The van der Waals surface area contributed by atoms with Gasteiger partial charge in [0.2, 0.25) is 0 Å². The lowest BCUT2D eigenvalue weighted by Crippen LogP contribution is -2.09. The van der Waals surface area contributed by atoms with Crippen molar-refractivity contribution in [3.63, 3.8) is 0 Å². The van der Waals surface area contributed by atoms with Crippen molar-refractivity contribution in [2.24, 2.45) is 5.73 Å². The number of benzene rings is 1. The van der Waals surface area contributed by atoms with Gasteiger partial charge in [-0.05, 0) is 17.7 Å². The summed E-state index contributed by atoms with van der Waals surface area (Å²) in [5.74, 6) is -0.417. The summed E-state index contributed by atoms with van der Waals surface area (Å²) >= 11 is 5.71. The minimum absolute atomic E-state index is 0.115. The second-order valence-electron chi connectivity index (χ2n) is 3.41. The molecule has 0 spiro atoms. The highest BCUT2D eigenvalue weighted by atomic mass is 35.5. The van der Waals surface area contributed by atoms with Gasteiger partial charge in [0.15, 0.2) is 0 Å². The van der Waals surface area contributed by atoms with Gasteiger partial charge in [-0.3, -0.25) is 4.68 Å². The van der Waals surface area contributed by atoms with Crippen LogP contribution in [0.25, 0.3) is 11.1 Å². The maximum atomic E-state index is 13.0. The highest BCUT2D eigenvalue weighted by molar-refractivity contribution is 6.31. The second-order valence-corrected chi connectivity index (χ2v) is 3.82. The number of aromatic nitrogens is 2. The van der Waals surface area contributed by atoms with Gasteiger partial charge in [-0.15, -0.1) is 0 Å². The van der Waals surface area contributed by atoms with Crippen LogP contribution in [0.5, 0.6) is 0 Å². The molecule has 2 N–H and O–H groups in total. The van der Waals surface area contributed by atoms with Crippen LogP contribution in [-0.2, 0) is 6.54 Å². The summed E-state index contributed by atoms with van der Waals surface area (Å²) in [5.41, 5.74) is 7.16. The molecular formula is C11H11ClFN3. The van der Waals surface area contributed by atoms with Crippen LogP contribution in [0.3, 0.4) is 0 Å². The van der Waals surface area contributed by atoms with Crippen molar-refractivity contribution in [3.8, 4) is 11.1 Å². The van der Waals surface area contributed by atoms with Crippen LogP contribution in [0.15, 0.2) is 30.6 Å². The Morgan fingerprint density at radius 1 is 1.38 bits per heavy atom. The smallest absolute Gasteiger partial charge is 0.141 e. The van der Waals surface area contributed by atoms with E-state index >= 15 is 0 Å². The highest BCUT2D eigenvalue weighted by Gasteiger charge is 2.05. The van der Waals surface area contributed by atoms with E-state index in [0.29, 0.717) is 13.1 Å². The Balaban J connectivity index is 2.31. The van der Waals surface area contributed by atoms with Crippen molar-refractivity contribution in [2.75, 3.05) is 6.54 Å². The molecular weight excluding hydrogens is 229 g/mol. The van der Waals surface area contributed by atoms with E-state index in [4.69, 9.17) is 17.3 Å². The zero-order chi connectivity index (χ0) is 11.5. The molecule has 2 rings (SSSR count). The maximum absolute atomic E-state index is 13.0. The maximum Gasteiger partial charge on any atom is 0.141 e. The molecule has 0 aliphatic rings. The normalized spacial score (nSPS) is 10.7. The molecule has 0 amide bonds. The van der Waals surface area contributed by atoms with E-state index in [1.807, 2.05) is 6.20 Å². The van der Waals surface area contributed by atoms with Crippen molar-refractivity contribution in [1.29, 1.82) is 0 Å². The molecule has 16 heavy (non-hydrogen) atoms. The lowest BCUT2D eigenvalue weighted by atomic mass is 10.1. The van der Waals surface area contributed by atoms with Crippen LogP contribution < -0.4 is 5.73 Å². The molecule has 0 saturated carbocycles. The number of hydrogen-bond acceptors (Lipinski definition) is 2. The largest absolute Gasteiger partial charge is 0.329 e. The monoisotopic (exact) mass is 239 g/mol. The fourth-order valence-corrected chi connectivity index (χ4v) is 1.62. The zero-order valence-electron chi connectivity index (χ0n) is 8.53. The van der Waals surface area contributed by atoms with Crippen molar-refractivity contribution in [1.82, 2.24) is 9.78 Å². The minimum atomic E-state index is -0.417. The molecule has 5 heteroatoms. The minimum Gasteiger partial charge on any atom is -0.329 e. The molecule has 3 nitrogen and oxygen atoms in total. The van der Waals surface area contributed by atoms with Crippen molar-refractivity contribution >= 4 is 11.6 Å². The molecule has 0 radical (unpaired) electrons. The van der Waals surface area contributed by atoms with E-state index in [2.05, 4.69) is 5.10 Å². The predicted molar refractivity (Wildman–Crippen MR) is 61.7 cm³/mol. The van der Waals surface area contributed by atoms with Crippen molar-refractivity contribution in [3.05, 3.63) is 41.4 Å². The number of nitrogens with two attached hydrogens (primary N) is 1. The third-order valence-corrected chi connectivity index (χ3v) is 2.53. The first kappa shape index (κ1) is 11.1. The predicted octanol–water partition coefficient (Wildman–Crippen LogP) is 2.30. The van der Waals surface area contributed by atoms with Gasteiger partial charge in [-0.2, -0.15) is 5.10 Å². The molecule has 0 atom stereocenters. The van der Waals surface area contributed by atoms with Gasteiger partial charge >= 0.3 is 0 Å². The van der Waals surface area contributed by atoms with Gasteiger partial charge in [-0.1, -0.05) is 17.7 Å². The Kier molecular flexibility index (Phi) is 3.22. The first-order valence-electron chi connectivity index (χ1n) is 4.88. The summed E-state index contributed by atoms with van der Waals surface area (Å²) in [6.45, 7) is 1.19. The Labute approximate surface area is 97.6 Å². The summed E-state index contributed by atoms with van der Waals surface area (Å²) in [5, 5.41) is 4.25. The van der Waals surface area contributed by atoms with Crippen LogP contribution in [0.4, 0.5) is 4.39 Å². The van der Waals surface area contributed by atoms with E-state index in [0.717, 1.165) is 11.1 Å². The lowest BCUT2D eigenvalue weighted by molar-refractivity contribution is 0.625. The summed E-state index contributed by atoms with van der Waals surface area (Å²) < 4.78 is 14.7. The summed E-state index contributed by atoms with van der Waals surface area (Å²) in [7, 11) is 0. The fourth-order valence-electron chi connectivity index (χ4n) is 1.44.